The van der Waals surface area contributed by atoms with Crippen LogP contribution in [0.5, 0.6) is 0 Å². The van der Waals surface area contributed by atoms with Crippen LogP contribution in [0.4, 0.5) is 0 Å². The van der Waals surface area contributed by atoms with Crippen LogP contribution < -0.4 is 0 Å². The number of nitrogens with zero attached hydrogens (tertiary/aromatic N) is 1. The zero-order chi connectivity index (χ0) is 14.0. The third-order valence-corrected chi connectivity index (χ3v) is 1.86. The molecule has 0 N–H and O–H groups in total. The molecule has 0 atom stereocenters. The van der Waals surface area contributed by atoms with Crippen molar-refractivity contribution in [2.24, 2.45) is 0 Å². The summed E-state index contributed by atoms with van der Waals surface area (Å²) in [5, 5.41) is 0. The molecule has 0 bridgehead atoms. The van der Waals surface area contributed by atoms with Gasteiger partial charge in [-0.05, 0) is 33.5 Å². The number of hydrogen-bond donors (Lipinski definition) is 0. The lowest BCUT2D eigenvalue weighted by atomic mass is 10.2. The first-order chi connectivity index (χ1) is 8.45. The van der Waals surface area contributed by atoms with Gasteiger partial charge in [-0.25, -0.2) is 4.79 Å². The average molecular weight is 287 g/mol. The fraction of sp³-hybridized carbons (Fsp3) is 0.400. The molecule has 0 fully saturated rings. The number of benzene rings is 1. The maximum Gasteiger partial charge on any atom is 0.330 e. The Hall–Kier alpha value is -1.32. The molecule has 0 unspecified atom stereocenters. The van der Waals surface area contributed by atoms with E-state index in [9.17, 15) is 4.79 Å². The summed E-state index contributed by atoms with van der Waals surface area (Å²) in [5.74, 6) is -0.361. The smallest absolute Gasteiger partial charge is 0.330 e. The third kappa shape index (κ3) is 12.9. The van der Waals surface area contributed by atoms with Crippen molar-refractivity contribution in [2.45, 2.75) is 26.5 Å². The predicted molar refractivity (Wildman–Crippen MR) is 78.0 cm³/mol. The first-order valence-electron chi connectivity index (χ1n) is 5.97. The number of hydrogen-bond acceptors (Lipinski definition) is 3. The summed E-state index contributed by atoms with van der Waals surface area (Å²) < 4.78 is 4.64. The zero-order valence-electron chi connectivity index (χ0n) is 12.2. The normalized spacial score (nSPS) is 9.16. The highest BCUT2D eigenvalue weighted by molar-refractivity contribution is 5.81. The standard InChI is InChI=1S/C9H13N.C6H10O2.ClH2/c1-10(2)8-9-6-4-3-5-7-9;1-4-6(7)8-5(2)3;/h3-7H,8H2,1-2H3;4-5H,1H2,2-3H3;1H2/q;;+1. The van der Waals surface area contributed by atoms with Gasteiger partial charge in [-0.15, -0.1) is 0 Å². The summed E-state index contributed by atoms with van der Waals surface area (Å²) in [6, 6.07) is 10.5. The highest BCUT2D eigenvalue weighted by Crippen LogP contribution is 1.99. The van der Waals surface area contributed by atoms with Crippen molar-refractivity contribution in [3.05, 3.63) is 48.6 Å². The van der Waals surface area contributed by atoms with Crippen LogP contribution in [0, 0.1) is 12.4 Å². The Morgan fingerprint density at radius 3 is 2.16 bits per heavy atom. The molecule has 0 amide bonds. The summed E-state index contributed by atoms with van der Waals surface area (Å²) in [6.07, 6.45) is 1.11. The molecule has 108 valence electrons. The van der Waals surface area contributed by atoms with Gasteiger partial charge >= 0.3 is 5.97 Å². The van der Waals surface area contributed by atoms with Crippen molar-refractivity contribution in [3.63, 3.8) is 0 Å². The Bertz CT molecular complexity index is 350. The summed E-state index contributed by atoms with van der Waals surface area (Å²) in [6.45, 7) is 7.85. The lowest BCUT2D eigenvalue weighted by molar-refractivity contribution is -0.141. The summed E-state index contributed by atoms with van der Waals surface area (Å²) >= 11 is 0. The van der Waals surface area contributed by atoms with E-state index in [-0.39, 0.29) is 24.5 Å². The molecular weight excluding hydrogens is 262 g/mol. The van der Waals surface area contributed by atoms with E-state index in [2.05, 4.69) is 54.6 Å². The van der Waals surface area contributed by atoms with Crippen LogP contribution in [0.1, 0.15) is 19.4 Å². The maximum atomic E-state index is 10.3. The molecule has 19 heavy (non-hydrogen) atoms. The Morgan fingerprint density at radius 2 is 1.84 bits per heavy atom. The molecule has 0 heterocycles. The second-order valence-electron chi connectivity index (χ2n) is 4.41. The molecule has 0 saturated carbocycles. The average Bonchev–Trinajstić information content (AvgIpc) is 2.29. The number of carbonyl (C=O) groups is 1. The summed E-state index contributed by atoms with van der Waals surface area (Å²) in [5.41, 5.74) is 1.37. The lowest BCUT2D eigenvalue weighted by Crippen LogP contribution is -2.10. The predicted octanol–water partition coefficient (Wildman–Crippen LogP) is 2.34. The number of rotatable bonds is 4. The van der Waals surface area contributed by atoms with Gasteiger partial charge in [0.05, 0.1) is 18.5 Å². The fourth-order valence-corrected chi connectivity index (χ4v) is 1.23. The molecule has 0 aromatic heterocycles. The van der Waals surface area contributed by atoms with Crippen LogP contribution >= 0.6 is 0 Å². The Balaban J connectivity index is 0. The van der Waals surface area contributed by atoms with E-state index in [0.717, 1.165) is 12.6 Å². The van der Waals surface area contributed by atoms with Crippen molar-refractivity contribution in [2.75, 3.05) is 14.1 Å². The topological polar surface area (TPSA) is 29.5 Å². The van der Waals surface area contributed by atoms with Gasteiger partial charge in [0.1, 0.15) is 0 Å². The van der Waals surface area contributed by atoms with Crippen LogP contribution in [0.15, 0.2) is 43.0 Å². The van der Waals surface area contributed by atoms with Gasteiger partial charge in [-0.1, -0.05) is 36.9 Å². The molecule has 0 radical (unpaired) electrons. The maximum absolute atomic E-state index is 10.3. The molecule has 0 aliphatic carbocycles. The van der Waals surface area contributed by atoms with Crippen molar-refractivity contribution in [1.82, 2.24) is 4.90 Å². The second kappa shape index (κ2) is 11.8. The Kier molecular flexibility index (Phi) is 12.4. The summed E-state index contributed by atoms with van der Waals surface area (Å²) in [7, 11) is 4.15. The van der Waals surface area contributed by atoms with E-state index < -0.39 is 0 Å². The van der Waals surface area contributed by atoms with E-state index in [0.29, 0.717) is 0 Å². The molecule has 4 heteroatoms. The van der Waals surface area contributed by atoms with Crippen LogP contribution in [0.25, 0.3) is 0 Å². The second-order valence-corrected chi connectivity index (χ2v) is 4.41. The largest absolute Gasteiger partial charge is 0.460 e. The molecule has 0 saturated heterocycles. The minimum Gasteiger partial charge on any atom is -0.460 e. The van der Waals surface area contributed by atoms with E-state index in [1.807, 2.05) is 6.07 Å². The van der Waals surface area contributed by atoms with Gasteiger partial charge in [0, 0.05) is 12.6 Å². The monoisotopic (exact) mass is 286 g/mol. The fourth-order valence-electron chi connectivity index (χ4n) is 1.23. The van der Waals surface area contributed by atoms with E-state index in [4.69, 9.17) is 0 Å². The Labute approximate surface area is 122 Å². The van der Waals surface area contributed by atoms with Crippen LogP contribution in [0.2, 0.25) is 0 Å². The first kappa shape index (κ1) is 20.0. The first-order valence-corrected chi connectivity index (χ1v) is 5.97. The lowest BCUT2D eigenvalue weighted by Gasteiger charge is -2.08. The third-order valence-electron chi connectivity index (χ3n) is 1.86. The van der Waals surface area contributed by atoms with Crippen molar-refractivity contribution in [3.8, 4) is 0 Å². The quantitative estimate of drug-likeness (QED) is 0.628. The molecule has 1 aromatic carbocycles. The van der Waals surface area contributed by atoms with Gasteiger partial charge in [-0.2, -0.15) is 0 Å². The minimum atomic E-state index is -0.361. The molecule has 0 spiro atoms. The molecule has 0 aliphatic heterocycles. The minimum absolute atomic E-state index is 0. The van der Waals surface area contributed by atoms with Gasteiger partial charge in [0.15, 0.2) is 0 Å². The van der Waals surface area contributed by atoms with Gasteiger partial charge in [0.25, 0.3) is 0 Å². The van der Waals surface area contributed by atoms with Crippen LogP contribution in [-0.4, -0.2) is 31.1 Å². The zero-order valence-corrected chi connectivity index (χ0v) is 13.1. The molecule has 1 rings (SSSR count). The molecule has 0 aliphatic rings. The summed E-state index contributed by atoms with van der Waals surface area (Å²) in [4.78, 5) is 12.4. The van der Waals surface area contributed by atoms with Crippen molar-refractivity contribution < 1.29 is 21.9 Å². The van der Waals surface area contributed by atoms with Crippen molar-refractivity contribution >= 4 is 5.97 Å². The van der Waals surface area contributed by atoms with Gasteiger partial charge in [-0.3, -0.25) is 0 Å². The van der Waals surface area contributed by atoms with E-state index >= 15 is 0 Å². The van der Waals surface area contributed by atoms with E-state index in [1.165, 1.54) is 5.56 Å². The van der Waals surface area contributed by atoms with E-state index in [1.54, 1.807) is 13.8 Å². The molecular formula is C15H25ClNO2+. The number of esters is 1. The number of halogens is 1. The van der Waals surface area contributed by atoms with Gasteiger partial charge in [0.2, 0.25) is 0 Å². The van der Waals surface area contributed by atoms with Crippen LogP contribution in [-0.2, 0) is 16.1 Å². The number of carbonyl (C=O) groups excluding carboxylic acids is 1. The number of ether oxygens (including phenoxy) is 1. The highest BCUT2D eigenvalue weighted by atomic mass is 35.5. The SMILES string of the molecule is C=CC(=O)OC(C)C.CN(C)Cc1ccccc1.[ClH2+]. The molecule has 1 aromatic rings. The van der Waals surface area contributed by atoms with Crippen LogP contribution in [0.3, 0.4) is 0 Å². The highest BCUT2D eigenvalue weighted by Gasteiger charge is 1.96. The van der Waals surface area contributed by atoms with Gasteiger partial charge < -0.3 is 9.64 Å². The molecule has 3 nitrogen and oxygen atoms in total. The Morgan fingerprint density at radius 1 is 1.32 bits per heavy atom. The van der Waals surface area contributed by atoms with Crippen molar-refractivity contribution in [1.29, 1.82) is 0 Å².